The predicted octanol–water partition coefficient (Wildman–Crippen LogP) is 17.0. The molecule has 0 fully saturated rings. The number of rotatable bonds is 6. The zero-order valence-electron chi connectivity index (χ0n) is 33.5. The van der Waals surface area contributed by atoms with E-state index >= 15 is 0 Å². The normalized spacial score (nSPS) is 11.9. The molecule has 0 bridgehead atoms. The highest BCUT2D eigenvalue weighted by Crippen LogP contribution is 2.47. The van der Waals surface area contributed by atoms with Crippen LogP contribution in [0.5, 0.6) is 0 Å². The summed E-state index contributed by atoms with van der Waals surface area (Å²) in [5.41, 5.74) is 12.9. The van der Waals surface area contributed by atoms with Crippen LogP contribution in [0.4, 0.5) is 17.1 Å². The van der Waals surface area contributed by atoms with E-state index in [1.165, 1.54) is 58.3 Å². The van der Waals surface area contributed by atoms with E-state index in [9.17, 15) is 0 Å². The third-order valence-corrected chi connectivity index (χ3v) is 13.7. The van der Waals surface area contributed by atoms with Gasteiger partial charge in [0, 0.05) is 69.9 Å². The minimum absolute atomic E-state index is 0.872. The lowest BCUT2D eigenvalue weighted by molar-refractivity contribution is 0.670. The second kappa shape index (κ2) is 13.8. The van der Waals surface area contributed by atoms with Crippen LogP contribution in [0.25, 0.3) is 103 Å². The summed E-state index contributed by atoms with van der Waals surface area (Å²) < 4.78 is 11.8. The van der Waals surface area contributed by atoms with Gasteiger partial charge in [-0.15, -0.1) is 11.3 Å². The number of benzene rings is 10. The molecule has 290 valence electrons. The van der Waals surface area contributed by atoms with Crippen LogP contribution in [0.15, 0.2) is 223 Å². The van der Waals surface area contributed by atoms with Gasteiger partial charge in [-0.1, -0.05) is 140 Å². The summed E-state index contributed by atoms with van der Waals surface area (Å²) in [6, 6.07) is 79.3. The molecular weight excluding hydrogens is 773 g/mol. The van der Waals surface area contributed by atoms with Gasteiger partial charge in [0.15, 0.2) is 0 Å². The Balaban J connectivity index is 1.04. The van der Waals surface area contributed by atoms with E-state index in [4.69, 9.17) is 4.42 Å². The highest BCUT2D eigenvalue weighted by Gasteiger charge is 2.23. The first-order valence-corrected chi connectivity index (χ1v) is 21.9. The van der Waals surface area contributed by atoms with Crippen LogP contribution >= 0.6 is 11.3 Å². The fraction of sp³-hybridized carbons (Fsp3) is 0. The average molecular weight is 809 g/mol. The molecule has 0 saturated heterocycles. The van der Waals surface area contributed by atoms with E-state index in [-0.39, 0.29) is 0 Å². The van der Waals surface area contributed by atoms with Crippen LogP contribution in [-0.4, -0.2) is 4.57 Å². The van der Waals surface area contributed by atoms with Crippen molar-refractivity contribution >= 4 is 103 Å². The van der Waals surface area contributed by atoms with Gasteiger partial charge in [0.1, 0.15) is 11.2 Å². The fourth-order valence-corrected chi connectivity index (χ4v) is 10.8. The molecule has 3 aromatic heterocycles. The average Bonchev–Trinajstić information content (AvgIpc) is 4.01. The highest BCUT2D eigenvalue weighted by molar-refractivity contribution is 7.25. The van der Waals surface area contributed by atoms with Crippen molar-refractivity contribution in [1.29, 1.82) is 0 Å². The maximum atomic E-state index is 6.80. The number of fused-ring (bicyclic) bond motifs is 10. The van der Waals surface area contributed by atoms with Crippen LogP contribution in [0.1, 0.15) is 0 Å². The minimum atomic E-state index is 0.872. The third kappa shape index (κ3) is 5.44. The molecule has 0 atom stereocenters. The molecule has 0 radical (unpaired) electrons. The summed E-state index contributed by atoms with van der Waals surface area (Å²) in [5, 5.41) is 9.65. The van der Waals surface area contributed by atoms with Crippen molar-refractivity contribution in [2.45, 2.75) is 0 Å². The summed E-state index contributed by atoms with van der Waals surface area (Å²) in [5.74, 6) is 0. The zero-order chi connectivity index (χ0) is 40.7. The molecular formula is C58H36N2OS. The Morgan fingerprint density at radius 3 is 1.85 bits per heavy atom. The van der Waals surface area contributed by atoms with Gasteiger partial charge in [-0.3, -0.25) is 0 Å². The summed E-state index contributed by atoms with van der Waals surface area (Å²) >= 11 is 1.85. The molecule has 0 aliphatic carbocycles. The Morgan fingerprint density at radius 1 is 0.387 bits per heavy atom. The van der Waals surface area contributed by atoms with Crippen LogP contribution in [0.3, 0.4) is 0 Å². The van der Waals surface area contributed by atoms with Gasteiger partial charge in [-0.05, 0) is 101 Å². The Labute approximate surface area is 361 Å². The van der Waals surface area contributed by atoms with Crippen molar-refractivity contribution in [3.05, 3.63) is 218 Å². The number of anilines is 3. The van der Waals surface area contributed by atoms with Crippen molar-refractivity contribution in [3.63, 3.8) is 0 Å². The molecule has 13 aromatic rings. The second-order valence-corrected chi connectivity index (χ2v) is 17.2. The molecule has 0 unspecified atom stereocenters. The first-order chi connectivity index (χ1) is 30.7. The standard InChI is InChI=1S/C58H36N2OS/c1-2-14-39-33-42(31-25-37(39)13-1)59(52-20-8-3-15-44(52)40-28-32-57-50(34-40)48-19-7-12-24-56(48)62-57)43-35-49(58-51(36-43)47-18-6-11-23-55(47)61-58)38-26-29-41(30-27-38)60-53-21-9-4-16-45(53)46-17-5-10-22-54(46)60/h1-36H. The van der Waals surface area contributed by atoms with Crippen LogP contribution in [0.2, 0.25) is 0 Å². The first-order valence-electron chi connectivity index (χ1n) is 21.1. The van der Waals surface area contributed by atoms with Gasteiger partial charge >= 0.3 is 0 Å². The predicted molar refractivity (Wildman–Crippen MR) is 264 cm³/mol. The van der Waals surface area contributed by atoms with Crippen LogP contribution < -0.4 is 4.90 Å². The number of para-hydroxylation sites is 4. The Bertz CT molecular complexity index is 3830. The third-order valence-electron chi connectivity index (χ3n) is 12.6. The lowest BCUT2D eigenvalue weighted by Gasteiger charge is -2.29. The first kappa shape index (κ1) is 34.9. The number of thiophene rings is 1. The molecule has 0 saturated carbocycles. The van der Waals surface area contributed by atoms with E-state index in [1.807, 2.05) is 11.3 Å². The van der Waals surface area contributed by atoms with Crippen molar-refractivity contribution < 1.29 is 4.42 Å². The lowest BCUT2D eigenvalue weighted by Crippen LogP contribution is -2.11. The van der Waals surface area contributed by atoms with E-state index < -0.39 is 0 Å². The molecule has 0 aliphatic rings. The molecule has 0 N–H and O–H groups in total. The molecule has 10 aromatic carbocycles. The number of aromatic nitrogens is 1. The largest absolute Gasteiger partial charge is 0.455 e. The lowest BCUT2D eigenvalue weighted by atomic mass is 9.97. The topological polar surface area (TPSA) is 21.3 Å². The molecule has 3 heterocycles. The maximum absolute atomic E-state index is 6.80. The van der Waals surface area contributed by atoms with E-state index in [1.54, 1.807) is 0 Å². The van der Waals surface area contributed by atoms with Gasteiger partial charge in [-0.25, -0.2) is 0 Å². The SMILES string of the molecule is c1ccc(N(c2ccc3ccccc3c2)c2cc(-c3ccc(-n4c5ccccc5c5ccccc54)cc3)c3oc4ccccc4c3c2)c(-c2ccc3sc4ccccc4c3c2)c1. The Hall–Kier alpha value is -7.92. The van der Waals surface area contributed by atoms with Gasteiger partial charge in [0.05, 0.1) is 16.7 Å². The Kier molecular flexibility index (Phi) is 7.78. The number of hydrogen-bond acceptors (Lipinski definition) is 3. The molecule has 13 rings (SSSR count). The second-order valence-electron chi connectivity index (χ2n) is 16.1. The zero-order valence-corrected chi connectivity index (χ0v) is 34.3. The molecule has 0 amide bonds. The number of hydrogen-bond donors (Lipinski definition) is 0. The molecule has 0 spiro atoms. The summed E-state index contributed by atoms with van der Waals surface area (Å²) in [7, 11) is 0. The Morgan fingerprint density at radius 2 is 1.03 bits per heavy atom. The molecule has 4 heteroatoms. The monoisotopic (exact) mass is 808 g/mol. The summed E-state index contributed by atoms with van der Waals surface area (Å²) in [4.78, 5) is 2.44. The quantitative estimate of drug-likeness (QED) is 0.167. The van der Waals surface area contributed by atoms with Gasteiger partial charge in [0.25, 0.3) is 0 Å². The van der Waals surface area contributed by atoms with Crippen LogP contribution in [0, 0.1) is 0 Å². The summed E-state index contributed by atoms with van der Waals surface area (Å²) in [6.45, 7) is 0. The maximum Gasteiger partial charge on any atom is 0.143 e. The minimum Gasteiger partial charge on any atom is -0.455 e. The van der Waals surface area contributed by atoms with Crippen molar-refractivity contribution in [3.8, 4) is 27.9 Å². The number of furan rings is 1. The smallest absolute Gasteiger partial charge is 0.143 e. The molecule has 3 nitrogen and oxygen atoms in total. The van der Waals surface area contributed by atoms with E-state index in [2.05, 4.69) is 228 Å². The van der Waals surface area contributed by atoms with Gasteiger partial charge in [0.2, 0.25) is 0 Å². The summed E-state index contributed by atoms with van der Waals surface area (Å²) in [6.07, 6.45) is 0. The van der Waals surface area contributed by atoms with Gasteiger partial charge < -0.3 is 13.9 Å². The van der Waals surface area contributed by atoms with Gasteiger partial charge in [-0.2, -0.15) is 0 Å². The van der Waals surface area contributed by atoms with E-state index in [0.717, 1.165) is 61.4 Å². The van der Waals surface area contributed by atoms with Crippen molar-refractivity contribution in [1.82, 2.24) is 4.57 Å². The highest BCUT2D eigenvalue weighted by atomic mass is 32.1. The van der Waals surface area contributed by atoms with Crippen LogP contribution in [-0.2, 0) is 0 Å². The van der Waals surface area contributed by atoms with Crippen molar-refractivity contribution in [2.24, 2.45) is 0 Å². The van der Waals surface area contributed by atoms with E-state index in [0.29, 0.717) is 0 Å². The molecule has 62 heavy (non-hydrogen) atoms. The molecule has 0 aliphatic heterocycles. The number of nitrogens with zero attached hydrogens (tertiary/aromatic N) is 2. The fourth-order valence-electron chi connectivity index (χ4n) is 9.70. The van der Waals surface area contributed by atoms with Crippen molar-refractivity contribution in [2.75, 3.05) is 4.90 Å².